The fourth-order valence-corrected chi connectivity index (χ4v) is 6.23. The van der Waals surface area contributed by atoms with Gasteiger partial charge in [0, 0.05) is 52.0 Å². The standard InChI is InChI=1S/2C14H28N2.C10H11O7P/c2*1-3-4-5-6-7-8-9-10-11-16-13-12-15(2)14-16;1-16-9(11)6-3-7(10(12)17-2)5-8(4-6)18(13,14)15/h2*12-13H,3-11,14H2,1-2H3;3-5H,1-2H3,(H2,13,14,15). The van der Waals surface area contributed by atoms with E-state index in [0.29, 0.717) is 0 Å². The number of benzene rings is 1. The zero-order chi connectivity index (χ0) is 37.2. The van der Waals surface area contributed by atoms with Gasteiger partial charge in [0.15, 0.2) is 0 Å². The molecule has 50 heavy (non-hydrogen) atoms. The monoisotopic (exact) mass is 722 g/mol. The summed E-state index contributed by atoms with van der Waals surface area (Å²) in [5, 5.41) is -0.453. The van der Waals surface area contributed by atoms with Crippen LogP contribution in [0.2, 0.25) is 0 Å². The molecule has 0 spiro atoms. The maximum absolute atomic E-state index is 11.3. The smallest absolute Gasteiger partial charge is 0.356 e. The normalized spacial score (nSPS) is 13.6. The van der Waals surface area contributed by atoms with E-state index in [2.05, 4.69) is 81.8 Å². The summed E-state index contributed by atoms with van der Waals surface area (Å²) in [7, 11) is 1.90. The van der Waals surface area contributed by atoms with Gasteiger partial charge in [0.05, 0.1) is 44.0 Å². The van der Waals surface area contributed by atoms with Crippen LogP contribution in [0.3, 0.4) is 0 Å². The molecule has 2 heterocycles. The number of ether oxygens (including phenoxy) is 2. The molecule has 0 bridgehead atoms. The van der Waals surface area contributed by atoms with E-state index >= 15 is 0 Å². The highest BCUT2D eigenvalue weighted by molar-refractivity contribution is 7.60. The minimum Gasteiger partial charge on any atom is -0.465 e. The van der Waals surface area contributed by atoms with Crippen LogP contribution in [0.15, 0.2) is 43.0 Å². The Morgan fingerprint density at radius 1 is 0.600 bits per heavy atom. The van der Waals surface area contributed by atoms with Crippen LogP contribution in [0, 0.1) is 0 Å². The van der Waals surface area contributed by atoms with Crippen LogP contribution in [0.1, 0.15) is 137 Å². The predicted octanol–water partition coefficient (Wildman–Crippen LogP) is 7.67. The average molecular weight is 723 g/mol. The lowest BCUT2D eigenvalue weighted by molar-refractivity contribution is 0.0599. The summed E-state index contributed by atoms with van der Waals surface area (Å²) in [4.78, 5) is 50.0. The summed E-state index contributed by atoms with van der Waals surface area (Å²) < 4.78 is 20.0. The van der Waals surface area contributed by atoms with Gasteiger partial charge in [0.25, 0.3) is 0 Å². The van der Waals surface area contributed by atoms with E-state index in [1.807, 2.05) is 0 Å². The number of carbonyl (C=O) groups excluding carboxylic acids is 2. The van der Waals surface area contributed by atoms with Crippen molar-refractivity contribution in [2.75, 3.05) is 54.7 Å². The Kier molecular flexibility index (Phi) is 24.1. The van der Waals surface area contributed by atoms with Gasteiger partial charge in [-0.15, -0.1) is 0 Å². The van der Waals surface area contributed by atoms with E-state index in [1.165, 1.54) is 116 Å². The highest BCUT2D eigenvalue weighted by Crippen LogP contribution is 2.34. The van der Waals surface area contributed by atoms with Gasteiger partial charge in [0.2, 0.25) is 0 Å². The van der Waals surface area contributed by atoms with Crippen LogP contribution in [0.5, 0.6) is 0 Å². The molecule has 3 rings (SSSR count). The van der Waals surface area contributed by atoms with E-state index in [0.717, 1.165) is 45.8 Å². The molecule has 0 radical (unpaired) electrons. The second-order valence-electron chi connectivity index (χ2n) is 13.3. The highest BCUT2D eigenvalue weighted by Gasteiger charge is 2.23. The van der Waals surface area contributed by atoms with E-state index in [-0.39, 0.29) is 11.1 Å². The molecule has 0 saturated heterocycles. The van der Waals surface area contributed by atoms with E-state index in [4.69, 9.17) is 9.79 Å². The molecule has 2 N–H and O–H groups in total. The molecule has 0 aromatic heterocycles. The van der Waals surface area contributed by atoms with Gasteiger partial charge in [-0.1, -0.05) is 104 Å². The summed E-state index contributed by atoms with van der Waals surface area (Å²) in [5.74, 6) is -1.62. The lowest BCUT2D eigenvalue weighted by atomic mass is 10.1. The van der Waals surface area contributed by atoms with Gasteiger partial charge in [-0.2, -0.15) is 0 Å². The van der Waals surface area contributed by atoms with Crippen LogP contribution < -0.4 is 5.30 Å². The van der Waals surface area contributed by atoms with Crippen LogP contribution in [0.25, 0.3) is 0 Å². The minimum atomic E-state index is -4.59. The lowest BCUT2D eigenvalue weighted by Crippen LogP contribution is -2.23. The quantitative estimate of drug-likeness (QED) is 0.0739. The first-order valence-electron chi connectivity index (χ1n) is 18.6. The molecule has 1 aromatic rings. The molecular formula is C38H67N4O7P. The third kappa shape index (κ3) is 20.6. The van der Waals surface area contributed by atoms with Crippen LogP contribution in [-0.2, 0) is 14.0 Å². The molecule has 286 valence electrons. The number of esters is 2. The molecule has 2 aliphatic rings. The summed E-state index contributed by atoms with van der Waals surface area (Å²) in [5.41, 5.74) is -0.280. The van der Waals surface area contributed by atoms with Crippen molar-refractivity contribution in [2.24, 2.45) is 0 Å². The number of hydrogen-bond acceptors (Lipinski definition) is 9. The first-order valence-corrected chi connectivity index (χ1v) is 20.2. The number of methoxy groups -OCH3 is 2. The average Bonchev–Trinajstić information content (AvgIpc) is 3.73. The Balaban J connectivity index is 0.000000376. The highest BCUT2D eigenvalue weighted by atomic mass is 31.2. The third-order valence-corrected chi connectivity index (χ3v) is 9.50. The van der Waals surface area contributed by atoms with E-state index in [1.54, 1.807) is 0 Å². The van der Waals surface area contributed by atoms with Crippen molar-refractivity contribution in [1.82, 2.24) is 19.6 Å². The molecule has 2 aliphatic heterocycles. The zero-order valence-corrected chi connectivity index (χ0v) is 32.7. The topological polar surface area (TPSA) is 123 Å². The summed E-state index contributed by atoms with van der Waals surface area (Å²) in [6.07, 6.45) is 31.3. The van der Waals surface area contributed by atoms with Gasteiger partial charge in [-0.3, -0.25) is 4.57 Å². The molecule has 0 unspecified atom stereocenters. The molecule has 1 aromatic carbocycles. The first kappa shape index (κ1) is 45.0. The number of nitrogens with zero attached hydrogens (tertiary/aromatic N) is 4. The molecule has 0 fully saturated rings. The molecule has 0 saturated carbocycles. The van der Waals surface area contributed by atoms with Crippen molar-refractivity contribution in [3.63, 3.8) is 0 Å². The Bertz CT molecular complexity index is 1110. The van der Waals surface area contributed by atoms with Gasteiger partial charge >= 0.3 is 19.5 Å². The van der Waals surface area contributed by atoms with Gasteiger partial charge in [-0.25, -0.2) is 9.59 Å². The van der Waals surface area contributed by atoms with Crippen molar-refractivity contribution in [3.8, 4) is 0 Å². The van der Waals surface area contributed by atoms with Crippen LogP contribution >= 0.6 is 7.60 Å². The fraction of sp³-hybridized carbons (Fsp3) is 0.684. The molecular weight excluding hydrogens is 655 g/mol. The summed E-state index contributed by atoms with van der Waals surface area (Å²) >= 11 is 0. The SMILES string of the molecule is CCCCCCCCCCN1C=CN(C)C1.CCCCCCCCCCN1C=CN(C)C1.COC(=O)c1cc(C(=O)OC)cc(P(=O)(O)O)c1. The minimum absolute atomic E-state index is 0.140. The van der Waals surface area contributed by atoms with Crippen molar-refractivity contribution in [2.45, 2.75) is 117 Å². The Labute approximate surface area is 302 Å². The van der Waals surface area contributed by atoms with E-state index in [9.17, 15) is 14.2 Å². The largest absolute Gasteiger partial charge is 0.465 e. The molecule has 0 amide bonds. The number of rotatable bonds is 21. The fourth-order valence-electron chi connectivity index (χ4n) is 5.62. The Morgan fingerprint density at radius 2 is 0.940 bits per heavy atom. The lowest BCUT2D eigenvalue weighted by Gasteiger charge is -2.17. The molecule has 11 nitrogen and oxygen atoms in total. The third-order valence-electron chi connectivity index (χ3n) is 8.57. The molecule has 0 aliphatic carbocycles. The number of hydrogen-bond donors (Lipinski definition) is 2. The number of carbonyl (C=O) groups is 2. The van der Waals surface area contributed by atoms with Crippen molar-refractivity contribution < 1.29 is 33.4 Å². The molecule has 0 atom stereocenters. The summed E-state index contributed by atoms with van der Waals surface area (Å²) in [6.45, 7) is 9.18. The van der Waals surface area contributed by atoms with Crippen LogP contribution in [0.4, 0.5) is 0 Å². The summed E-state index contributed by atoms with van der Waals surface area (Å²) in [6, 6.07) is 3.08. The van der Waals surface area contributed by atoms with Crippen LogP contribution in [-0.4, -0.2) is 96.1 Å². The van der Waals surface area contributed by atoms with Gasteiger partial charge in [-0.05, 0) is 31.0 Å². The Morgan fingerprint density at radius 3 is 1.22 bits per heavy atom. The maximum atomic E-state index is 11.3. The van der Waals surface area contributed by atoms with Crippen molar-refractivity contribution in [3.05, 3.63) is 54.1 Å². The second-order valence-corrected chi connectivity index (χ2v) is 14.9. The zero-order valence-electron chi connectivity index (χ0n) is 31.9. The van der Waals surface area contributed by atoms with E-state index < -0.39 is 24.8 Å². The second kappa shape index (κ2) is 26.8. The van der Waals surface area contributed by atoms with Crippen molar-refractivity contribution >= 4 is 24.8 Å². The van der Waals surface area contributed by atoms with Gasteiger partial charge in [0.1, 0.15) is 0 Å². The van der Waals surface area contributed by atoms with Crippen molar-refractivity contribution in [1.29, 1.82) is 0 Å². The molecule has 12 heteroatoms. The first-order chi connectivity index (χ1) is 23.9. The maximum Gasteiger partial charge on any atom is 0.356 e. The predicted molar refractivity (Wildman–Crippen MR) is 203 cm³/mol. The van der Waals surface area contributed by atoms with Gasteiger partial charge < -0.3 is 38.9 Å². The number of unbranched alkanes of at least 4 members (excludes halogenated alkanes) is 14. The Hall–Kier alpha value is -3.01.